The third kappa shape index (κ3) is 5.17. The Hall–Kier alpha value is -2.18. The second-order valence-corrected chi connectivity index (χ2v) is 8.47. The van der Waals surface area contributed by atoms with Crippen molar-refractivity contribution >= 4 is 39.7 Å². The zero-order valence-corrected chi connectivity index (χ0v) is 17.4. The second kappa shape index (κ2) is 9.15. The van der Waals surface area contributed by atoms with Gasteiger partial charge in [-0.1, -0.05) is 66.8 Å². The molecule has 1 N–H and O–H groups in total. The maximum Gasteiger partial charge on any atom is 0.210 e. The number of anilines is 2. The van der Waals surface area contributed by atoms with Crippen LogP contribution in [0.2, 0.25) is 0 Å². The number of thioether (sulfide) groups is 1. The Kier molecular flexibility index (Phi) is 6.63. The highest BCUT2D eigenvalue weighted by Crippen LogP contribution is 2.28. The van der Waals surface area contributed by atoms with Crippen molar-refractivity contribution in [1.29, 1.82) is 0 Å². The summed E-state index contributed by atoms with van der Waals surface area (Å²) in [4.78, 5) is 12.7. The fourth-order valence-electron chi connectivity index (χ4n) is 2.70. The van der Waals surface area contributed by atoms with Crippen LogP contribution >= 0.6 is 23.1 Å². The van der Waals surface area contributed by atoms with E-state index in [1.807, 2.05) is 30.3 Å². The molecule has 3 rings (SSSR count). The zero-order chi connectivity index (χ0) is 19.2. The number of nitrogens with one attached hydrogen (secondary N) is 1. The van der Waals surface area contributed by atoms with Gasteiger partial charge in [0.15, 0.2) is 10.1 Å². The molecule has 0 radical (unpaired) electrons. The number of ketones is 1. The lowest BCUT2D eigenvalue weighted by molar-refractivity contribution is 0.102. The summed E-state index contributed by atoms with van der Waals surface area (Å²) in [7, 11) is 0. The molecule has 2 aromatic carbocycles. The minimum Gasteiger partial charge on any atom is -0.330 e. The molecule has 27 heavy (non-hydrogen) atoms. The van der Waals surface area contributed by atoms with Crippen molar-refractivity contribution in [2.75, 3.05) is 11.1 Å². The lowest BCUT2D eigenvalue weighted by Crippen LogP contribution is -2.07. The monoisotopic (exact) mass is 397 g/mol. The van der Waals surface area contributed by atoms with Crippen molar-refractivity contribution in [2.45, 2.75) is 38.0 Å². The van der Waals surface area contributed by atoms with Crippen LogP contribution in [0.3, 0.4) is 0 Å². The number of aromatic nitrogens is 2. The quantitative estimate of drug-likeness (QED) is 0.391. The summed E-state index contributed by atoms with van der Waals surface area (Å²) in [5.41, 5.74) is 5.34. The van der Waals surface area contributed by atoms with E-state index >= 15 is 0 Å². The van der Waals surface area contributed by atoms with Gasteiger partial charge in [-0.2, -0.15) is 0 Å². The van der Waals surface area contributed by atoms with Crippen LogP contribution in [0, 0.1) is 6.92 Å². The molecule has 0 amide bonds. The highest BCUT2D eigenvalue weighted by molar-refractivity contribution is 8.01. The summed E-state index contributed by atoms with van der Waals surface area (Å²) >= 11 is 2.91. The van der Waals surface area contributed by atoms with E-state index < -0.39 is 0 Å². The van der Waals surface area contributed by atoms with Crippen molar-refractivity contribution in [2.24, 2.45) is 0 Å². The third-order valence-corrected chi connectivity index (χ3v) is 6.27. The molecule has 4 nitrogen and oxygen atoms in total. The van der Waals surface area contributed by atoms with Crippen LogP contribution in [0.4, 0.5) is 10.8 Å². The van der Waals surface area contributed by atoms with Crippen LogP contribution in [-0.4, -0.2) is 21.7 Å². The number of benzene rings is 2. The SMILES string of the molecule is CCc1ccc(CC)c(C(=O)CSc2nnc(Nc3ccc(C)cc3)s2)c1. The fourth-order valence-corrected chi connectivity index (χ4v) is 4.35. The summed E-state index contributed by atoms with van der Waals surface area (Å²) in [6.45, 7) is 6.24. The van der Waals surface area contributed by atoms with Crippen LogP contribution in [-0.2, 0) is 12.8 Å². The van der Waals surface area contributed by atoms with E-state index in [-0.39, 0.29) is 5.78 Å². The molecule has 0 unspecified atom stereocenters. The molecule has 140 valence electrons. The largest absolute Gasteiger partial charge is 0.330 e. The average Bonchev–Trinajstić information content (AvgIpc) is 3.14. The van der Waals surface area contributed by atoms with Crippen LogP contribution < -0.4 is 5.32 Å². The maximum absolute atomic E-state index is 12.7. The van der Waals surface area contributed by atoms with E-state index in [9.17, 15) is 4.79 Å². The van der Waals surface area contributed by atoms with Crippen molar-refractivity contribution in [3.05, 3.63) is 64.7 Å². The first-order valence-corrected chi connectivity index (χ1v) is 10.8. The first-order valence-electron chi connectivity index (χ1n) is 9.04. The molecule has 3 aromatic rings. The van der Waals surface area contributed by atoms with Gasteiger partial charge in [-0.15, -0.1) is 10.2 Å². The minimum absolute atomic E-state index is 0.149. The van der Waals surface area contributed by atoms with Crippen LogP contribution in [0.25, 0.3) is 0 Å². The van der Waals surface area contributed by atoms with Crippen molar-refractivity contribution in [3.63, 3.8) is 0 Å². The van der Waals surface area contributed by atoms with E-state index in [0.29, 0.717) is 5.75 Å². The number of nitrogens with zero attached hydrogens (tertiary/aromatic N) is 2. The van der Waals surface area contributed by atoms with Gasteiger partial charge in [-0.05, 0) is 49.1 Å². The Morgan fingerprint density at radius 2 is 1.85 bits per heavy atom. The summed E-state index contributed by atoms with van der Waals surface area (Å²) in [6.07, 6.45) is 1.79. The average molecular weight is 398 g/mol. The van der Waals surface area contributed by atoms with Gasteiger partial charge in [0.25, 0.3) is 0 Å². The molecular formula is C21H23N3OS2. The Bertz CT molecular complexity index is 919. The van der Waals surface area contributed by atoms with E-state index in [0.717, 1.165) is 39.1 Å². The number of hydrogen-bond donors (Lipinski definition) is 1. The molecule has 1 heterocycles. The standard InChI is InChI=1S/C21H23N3OS2/c1-4-15-8-9-16(5-2)18(12-15)19(25)13-26-21-24-23-20(27-21)22-17-10-6-14(3)7-11-17/h6-12H,4-5,13H2,1-3H3,(H,22,23). The predicted molar refractivity (Wildman–Crippen MR) is 115 cm³/mol. The zero-order valence-electron chi connectivity index (χ0n) is 15.8. The van der Waals surface area contributed by atoms with Crippen molar-refractivity contribution < 1.29 is 4.79 Å². The molecule has 0 aliphatic rings. The van der Waals surface area contributed by atoms with Gasteiger partial charge >= 0.3 is 0 Å². The van der Waals surface area contributed by atoms with E-state index in [4.69, 9.17) is 0 Å². The summed E-state index contributed by atoms with van der Waals surface area (Å²) in [6, 6.07) is 14.3. The second-order valence-electron chi connectivity index (χ2n) is 6.27. The topological polar surface area (TPSA) is 54.9 Å². The number of hydrogen-bond acceptors (Lipinski definition) is 6. The molecule has 0 spiro atoms. The molecule has 0 fully saturated rings. The maximum atomic E-state index is 12.7. The lowest BCUT2D eigenvalue weighted by Gasteiger charge is -2.08. The Morgan fingerprint density at radius 1 is 1.07 bits per heavy atom. The van der Waals surface area contributed by atoms with Gasteiger partial charge in [0.1, 0.15) is 0 Å². The third-order valence-electron chi connectivity index (χ3n) is 4.30. The lowest BCUT2D eigenvalue weighted by atomic mass is 9.98. The first-order chi connectivity index (χ1) is 13.1. The summed E-state index contributed by atoms with van der Waals surface area (Å²) in [5.74, 6) is 0.523. The van der Waals surface area contributed by atoms with Gasteiger partial charge in [0, 0.05) is 11.3 Å². The van der Waals surface area contributed by atoms with E-state index in [1.165, 1.54) is 34.2 Å². The number of Topliss-reactive ketones (excluding diaryl/α,β-unsaturated/α-hetero) is 1. The Morgan fingerprint density at radius 3 is 2.56 bits per heavy atom. The van der Waals surface area contributed by atoms with Crippen LogP contribution in [0.1, 0.15) is 40.9 Å². The molecule has 0 bridgehead atoms. The van der Waals surface area contributed by atoms with Gasteiger partial charge in [0.2, 0.25) is 5.13 Å². The molecule has 6 heteroatoms. The number of carbonyl (C=O) groups is 1. The molecule has 0 aliphatic carbocycles. The Labute approximate surface area is 168 Å². The van der Waals surface area contributed by atoms with E-state index in [2.05, 4.69) is 48.4 Å². The fraction of sp³-hybridized carbons (Fsp3) is 0.286. The van der Waals surface area contributed by atoms with E-state index in [1.54, 1.807) is 0 Å². The smallest absolute Gasteiger partial charge is 0.210 e. The number of carbonyl (C=O) groups excluding carboxylic acids is 1. The number of aryl methyl sites for hydroxylation is 3. The van der Waals surface area contributed by atoms with Crippen LogP contribution in [0.15, 0.2) is 46.8 Å². The molecule has 0 aliphatic heterocycles. The highest BCUT2D eigenvalue weighted by Gasteiger charge is 2.14. The van der Waals surface area contributed by atoms with Gasteiger partial charge < -0.3 is 5.32 Å². The van der Waals surface area contributed by atoms with Crippen LogP contribution in [0.5, 0.6) is 0 Å². The van der Waals surface area contributed by atoms with Gasteiger partial charge in [-0.25, -0.2) is 0 Å². The molecule has 0 saturated heterocycles. The van der Waals surface area contributed by atoms with Crippen molar-refractivity contribution in [1.82, 2.24) is 10.2 Å². The highest BCUT2D eigenvalue weighted by atomic mass is 32.2. The van der Waals surface area contributed by atoms with Crippen molar-refractivity contribution in [3.8, 4) is 0 Å². The summed E-state index contributed by atoms with van der Waals surface area (Å²) < 4.78 is 0.794. The predicted octanol–water partition coefficient (Wildman–Crippen LogP) is 5.69. The molecule has 1 aromatic heterocycles. The molecular weight excluding hydrogens is 374 g/mol. The number of rotatable bonds is 8. The normalized spacial score (nSPS) is 10.8. The molecule has 0 saturated carbocycles. The summed E-state index contributed by atoms with van der Waals surface area (Å²) in [5, 5.41) is 12.3. The first kappa shape index (κ1) is 19.6. The van der Waals surface area contributed by atoms with Gasteiger partial charge in [0.05, 0.1) is 5.75 Å². The minimum atomic E-state index is 0.149. The molecule has 0 atom stereocenters. The Balaban J connectivity index is 1.63. The van der Waals surface area contributed by atoms with Gasteiger partial charge in [-0.3, -0.25) is 4.79 Å².